The molecule has 3 atom stereocenters. The highest BCUT2D eigenvalue weighted by atomic mass is 15.3. The Hall–Kier alpha value is -2.01. The van der Waals surface area contributed by atoms with Crippen molar-refractivity contribution in [3.8, 4) is 0 Å². The van der Waals surface area contributed by atoms with Gasteiger partial charge in [-0.25, -0.2) is 9.97 Å². The summed E-state index contributed by atoms with van der Waals surface area (Å²) in [4.78, 5) is 18.5. The summed E-state index contributed by atoms with van der Waals surface area (Å²) >= 11 is 0. The van der Waals surface area contributed by atoms with E-state index in [9.17, 15) is 0 Å². The second-order valence-corrected chi connectivity index (χ2v) is 7.62. The highest BCUT2D eigenvalue weighted by Gasteiger charge is 2.42. The number of pyridine rings is 1. The van der Waals surface area contributed by atoms with Crippen LogP contribution in [0.1, 0.15) is 30.5 Å². The van der Waals surface area contributed by atoms with Crippen molar-refractivity contribution in [2.75, 3.05) is 25.0 Å². The Bertz CT molecular complexity index is 687. The van der Waals surface area contributed by atoms with Crippen LogP contribution in [0.25, 0.3) is 0 Å². The van der Waals surface area contributed by atoms with Gasteiger partial charge in [0.05, 0.1) is 5.69 Å². The molecule has 2 aliphatic rings. The van der Waals surface area contributed by atoms with E-state index in [2.05, 4.69) is 43.9 Å². The summed E-state index contributed by atoms with van der Waals surface area (Å²) in [7, 11) is 2.26. The Morgan fingerprint density at radius 1 is 1.12 bits per heavy atom. The minimum Gasteiger partial charge on any atom is -0.340 e. The zero-order valence-corrected chi connectivity index (χ0v) is 15.2. The maximum Gasteiger partial charge on any atom is 0.225 e. The Morgan fingerprint density at radius 2 is 1.96 bits per heavy atom. The van der Waals surface area contributed by atoms with Crippen molar-refractivity contribution in [1.29, 1.82) is 0 Å². The largest absolute Gasteiger partial charge is 0.340 e. The van der Waals surface area contributed by atoms with Crippen LogP contribution >= 0.6 is 0 Å². The molecule has 1 saturated heterocycles. The number of nitrogens with zero attached hydrogens (tertiary/aromatic N) is 5. The van der Waals surface area contributed by atoms with Crippen molar-refractivity contribution in [3.63, 3.8) is 0 Å². The molecule has 0 spiro atoms. The van der Waals surface area contributed by atoms with Gasteiger partial charge < -0.3 is 4.90 Å². The van der Waals surface area contributed by atoms with Crippen molar-refractivity contribution in [3.05, 3.63) is 48.0 Å². The van der Waals surface area contributed by atoms with E-state index in [1.54, 1.807) is 0 Å². The molecule has 0 N–H and O–H groups in total. The van der Waals surface area contributed by atoms with Gasteiger partial charge in [-0.15, -0.1) is 0 Å². The van der Waals surface area contributed by atoms with E-state index in [4.69, 9.17) is 0 Å². The molecule has 132 valence electrons. The minimum atomic E-state index is 0.621. The topological polar surface area (TPSA) is 45.2 Å². The van der Waals surface area contributed by atoms with E-state index in [0.717, 1.165) is 42.8 Å². The van der Waals surface area contributed by atoms with Crippen molar-refractivity contribution < 1.29 is 0 Å². The molecule has 5 heteroatoms. The fourth-order valence-electron chi connectivity index (χ4n) is 4.57. The van der Waals surface area contributed by atoms with Crippen LogP contribution in [0.4, 0.5) is 5.95 Å². The minimum absolute atomic E-state index is 0.621. The van der Waals surface area contributed by atoms with E-state index < -0.39 is 0 Å². The predicted molar refractivity (Wildman–Crippen MR) is 99.3 cm³/mol. The normalized spacial score (nSPS) is 26.0. The molecule has 0 aromatic carbocycles. The summed E-state index contributed by atoms with van der Waals surface area (Å²) in [5, 5.41) is 0. The molecule has 0 radical (unpaired) electrons. The van der Waals surface area contributed by atoms with Crippen LogP contribution in [0.5, 0.6) is 0 Å². The fourth-order valence-corrected chi connectivity index (χ4v) is 4.57. The second kappa shape index (κ2) is 7.08. The van der Waals surface area contributed by atoms with E-state index in [1.807, 2.05) is 31.6 Å². The van der Waals surface area contributed by atoms with Crippen LogP contribution in [0.15, 0.2) is 36.8 Å². The van der Waals surface area contributed by atoms with Crippen LogP contribution in [0.2, 0.25) is 0 Å². The standard InChI is InChI=1S/C20H27N5/c1-15-10-22-20(23-11-15)25-12-16-6-5-8-19(18(16)14-25)24(2)13-17-7-3-4-9-21-17/h3-4,7,9-11,16,18-19H,5-6,8,12-14H2,1-2H3/t16-,18+,19+/m1/s1. The Morgan fingerprint density at radius 3 is 2.72 bits per heavy atom. The van der Waals surface area contributed by atoms with Crippen molar-refractivity contribution in [2.24, 2.45) is 11.8 Å². The number of fused-ring (bicyclic) bond motifs is 1. The first-order chi connectivity index (χ1) is 12.2. The third-order valence-corrected chi connectivity index (χ3v) is 5.81. The van der Waals surface area contributed by atoms with E-state index in [-0.39, 0.29) is 0 Å². The lowest BCUT2D eigenvalue weighted by molar-refractivity contribution is 0.105. The molecular formula is C20H27N5. The molecule has 2 aromatic heterocycles. The lowest BCUT2D eigenvalue weighted by Gasteiger charge is -2.38. The van der Waals surface area contributed by atoms with Crippen LogP contribution in [-0.4, -0.2) is 46.0 Å². The molecule has 1 aliphatic carbocycles. The van der Waals surface area contributed by atoms with Crippen LogP contribution < -0.4 is 4.90 Å². The van der Waals surface area contributed by atoms with Gasteiger partial charge in [0.25, 0.3) is 0 Å². The fraction of sp³-hybridized carbons (Fsp3) is 0.550. The summed E-state index contributed by atoms with van der Waals surface area (Å²) in [6.45, 7) is 5.14. The number of anilines is 1. The number of aromatic nitrogens is 3. The van der Waals surface area contributed by atoms with Gasteiger partial charge >= 0.3 is 0 Å². The lowest BCUT2D eigenvalue weighted by atomic mass is 9.77. The summed E-state index contributed by atoms with van der Waals surface area (Å²) in [6.07, 6.45) is 9.68. The molecule has 4 rings (SSSR count). The van der Waals surface area contributed by atoms with Gasteiger partial charge in [-0.2, -0.15) is 0 Å². The third kappa shape index (κ3) is 3.52. The van der Waals surface area contributed by atoms with Crippen LogP contribution in [0.3, 0.4) is 0 Å². The summed E-state index contributed by atoms with van der Waals surface area (Å²) in [5.41, 5.74) is 2.28. The molecule has 0 amide bonds. The molecule has 2 fully saturated rings. The molecule has 2 aromatic rings. The molecule has 1 saturated carbocycles. The zero-order valence-electron chi connectivity index (χ0n) is 15.2. The monoisotopic (exact) mass is 337 g/mol. The molecule has 0 bridgehead atoms. The molecular weight excluding hydrogens is 310 g/mol. The van der Waals surface area contributed by atoms with Crippen LogP contribution in [0, 0.1) is 18.8 Å². The van der Waals surface area contributed by atoms with Crippen molar-refractivity contribution >= 4 is 5.95 Å². The molecule has 5 nitrogen and oxygen atoms in total. The average Bonchev–Trinajstić information content (AvgIpc) is 3.07. The predicted octanol–water partition coefficient (Wildman–Crippen LogP) is 2.92. The smallest absolute Gasteiger partial charge is 0.225 e. The molecule has 25 heavy (non-hydrogen) atoms. The Kier molecular flexibility index (Phi) is 4.66. The quantitative estimate of drug-likeness (QED) is 0.858. The number of hydrogen-bond acceptors (Lipinski definition) is 5. The molecule has 3 heterocycles. The third-order valence-electron chi connectivity index (χ3n) is 5.81. The van der Waals surface area contributed by atoms with E-state index in [1.165, 1.54) is 19.3 Å². The number of rotatable bonds is 4. The first kappa shape index (κ1) is 16.5. The SMILES string of the molecule is Cc1cnc(N2C[C@H]3CCC[C@H](N(C)Cc4ccccn4)[C@H]3C2)nc1. The van der Waals surface area contributed by atoms with Gasteiger partial charge in [0.2, 0.25) is 5.95 Å². The molecule has 0 unspecified atom stereocenters. The maximum atomic E-state index is 4.55. The lowest BCUT2D eigenvalue weighted by Crippen LogP contribution is -2.43. The highest BCUT2D eigenvalue weighted by molar-refractivity contribution is 5.33. The number of hydrogen-bond donors (Lipinski definition) is 0. The van der Waals surface area contributed by atoms with Gasteiger partial charge in [0.15, 0.2) is 0 Å². The summed E-state index contributed by atoms with van der Waals surface area (Å²) in [6, 6.07) is 6.80. The second-order valence-electron chi connectivity index (χ2n) is 7.62. The van der Waals surface area contributed by atoms with E-state index >= 15 is 0 Å². The van der Waals surface area contributed by atoms with Crippen molar-refractivity contribution in [1.82, 2.24) is 19.9 Å². The first-order valence-electron chi connectivity index (χ1n) is 9.34. The van der Waals surface area contributed by atoms with E-state index in [0.29, 0.717) is 12.0 Å². The van der Waals surface area contributed by atoms with Crippen LogP contribution in [-0.2, 0) is 6.54 Å². The number of aryl methyl sites for hydroxylation is 1. The Balaban J connectivity index is 1.46. The molecule has 1 aliphatic heterocycles. The van der Waals surface area contributed by atoms with Gasteiger partial charge in [0.1, 0.15) is 0 Å². The first-order valence-corrected chi connectivity index (χ1v) is 9.34. The summed E-state index contributed by atoms with van der Waals surface area (Å²) in [5.74, 6) is 2.35. The van der Waals surface area contributed by atoms with Gasteiger partial charge in [-0.05, 0) is 56.3 Å². The highest BCUT2D eigenvalue weighted by Crippen LogP contribution is 2.39. The van der Waals surface area contributed by atoms with Gasteiger partial charge in [-0.1, -0.05) is 12.5 Å². The van der Waals surface area contributed by atoms with Gasteiger partial charge in [-0.3, -0.25) is 9.88 Å². The van der Waals surface area contributed by atoms with Crippen molar-refractivity contribution in [2.45, 2.75) is 38.8 Å². The Labute approximate surface area is 150 Å². The zero-order chi connectivity index (χ0) is 17.2. The van der Waals surface area contributed by atoms with Gasteiger partial charge in [0, 0.05) is 44.3 Å². The maximum absolute atomic E-state index is 4.55. The average molecular weight is 337 g/mol. The summed E-state index contributed by atoms with van der Waals surface area (Å²) < 4.78 is 0.